The standard InChI is InChI=1S/C11H9NO3/c1-6-9(11(12)14)10(13)7-4-2-3-5-8(7)15-6/h2-5H,1H3,(H2,12,14). The highest BCUT2D eigenvalue weighted by atomic mass is 16.3. The molecule has 0 saturated carbocycles. The van der Waals surface area contributed by atoms with Gasteiger partial charge in [0.1, 0.15) is 16.9 Å². The Morgan fingerprint density at radius 1 is 1.33 bits per heavy atom. The van der Waals surface area contributed by atoms with E-state index in [0.717, 1.165) is 0 Å². The number of hydrogen-bond acceptors (Lipinski definition) is 3. The summed E-state index contributed by atoms with van der Waals surface area (Å²) in [5, 5.41) is 0.372. The van der Waals surface area contributed by atoms with Crippen molar-refractivity contribution >= 4 is 16.9 Å². The molecule has 0 bridgehead atoms. The summed E-state index contributed by atoms with van der Waals surface area (Å²) in [6.07, 6.45) is 0. The molecule has 0 aliphatic heterocycles. The first kappa shape index (κ1) is 9.45. The van der Waals surface area contributed by atoms with E-state index in [1.54, 1.807) is 31.2 Å². The van der Waals surface area contributed by atoms with Gasteiger partial charge in [0.25, 0.3) is 5.91 Å². The fraction of sp³-hybridized carbons (Fsp3) is 0.0909. The van der Waals surface area contributed by atoms with Gasteiger partial charge in [0.2, 0.25) is 5.43 Å². The predicted octanol–water partition coefficient (Wildman–Crippen LogP) is 1.20. The summed E-state index contributed by atoms with van der Waals surface area (Å²) in [5.74, 6) is -0.502. The van der Waals surface area contributed by atoms with Crippen molar-refractivity contribution in [2.24, 2.45) is 5.73 Å². The third kappa shape index (κ3) is 1.40. The summed E-state index contributed by atoms with van der Waals surface area (Å²) >= 11 is 0. The lowest BCUT2D eigenvalue weighted by Gasteiger charge is -2.02. The maximum absolute atomic E-state index is 11.8. The Bertz CT molecular complexity index is 598. The van der Waals surface area contributed by atoms with Crippen LogP contribution in [-0.4, -0.2) is 5.91 Å². The number of hydrogen-bond donors (Lipinski definition) is 1. The molecule has 0 aliphatic rings. The van der Waals surface area contributed by atoms with Gasteiger partial charge in [-0.15, -0.1) is 0 Å². The summed E-state index contributed by atoms with van der Waals surface area (Å²) in [6.45, 7) is 1.55. The maximum atomic E-state index is 11.8. The lowest BCUT2D eigenvalue weighted by Crippen LogP contribution is -2.23. The SMILES string of the molecule is Cc1oc2ccccc2c(=O)c1C(N)=O. The molecule has 0 radical (unpaired) electrons. The minimum Gasteiger partial charge on any atom is -0.460 e. The number of amides is 1. The van der Waals surface area contributed by atoms with Gasteiger partial charge in [0.15, 0.2) is 0 Å². The summed E-state index contributed by atoms with van der Waals surface area (Å²) in [4.78, 5) is 22.9. The van der Waals surface area contributed by atoms with E-state index in [2.05, 4.69) is 0 Å². The van der Waals surface area contributed by atoms with Gasteiger partial charge < -0.3 is 10.2 Å². The van der Waals surface area contributed by atoms with Crippen molar-refractivity contribution in [1.29, 1.82) is 0 Å². The average Bonchev–Trinajstić information content (AvgIpc) is 2.17. The zero-order chi connectivity index (χ0) is 11.0. The number of aryl methyl sites for hydroxylation is 1. The van der Waals surface area contributed by atoms with Crippen molar-refractivity contribution in [1.82, 2.24) is 0 Å². The van der Waals surface area contributed by atoms with E-state index in [0.29, 0.717) is 11.0 Å². The molecule has 0 aliphatic carbocycles. The maximum Gasteiger partial charge on any atom is 0.256 e. The Hall–Kier alpha value is -2.10. The molecular formula is C11H9NO3. The molecule has 1 aromatic heterocycles. The third-order valence-electron chi connectivity index (χ3n) is 2.22. The molecule has 0 fully saturated rings. The van der Waals surface area contributed by atoms with Crippen LogP contribution in [0.15, 0.2) is 33.5 Å². The molecule has 2 aromatic rings. The second-order valence-corrected chi connectivity index (χ2v) is 3.22. The quantitative estimate of drug-likeness (QED) is 0.756. The summed E-state index contributed by atoms with van der Waals surface area (Å²) in [7, 11) is 0. The Labute approximate surface area is 85.3 Å². The number of carbonyl (C=O) groups excluding carboxylic acids is 1. The number of para-hydroxylation sites is 1. The molecule has 4 heteroatoms. The number of fused-ring (bicyclic) bond motifs is 1. The smallest absolute Gasteiger partial charge is 0.256 e. The molecule has 1 aromatic carbocycles. The topological polar surface area (TPSA) is 73.3 Å². The average molecular weight is 203 g/mol. The van der Waals surface area contributed by atoms with E-state index < -0.39 is 5.91 Å². The Balaban J connectivity index is 2.97. The van der Waals surface area contributed by atoms with E-state index in [9.17, 15) is 9.59 Å². The molecule has 0 saturated heterocycles. The fourth-order valence-corrected chi connectivity index (χ4v) is 1.54. The summed E-state index contributed by atoms with van der Waals surface area (Å²) in [6, 6.07) is 6.75. The van der Waals surface area contributed by atoms with Crippen LogP contribution in [0.1, 0.15) is 16.1 Å². The second kappa shape index (κ2) is 3.24. The van der Waals surface area contributed by atoms with E-state index in [4.69, 9.17) is 10.2 Å². The van der Waals surface area contributed by atoms with E-state index in [1.807, 2.05) is 0 Å². The molecule has 15 heavy (non-hydrogen) atoms. The predicted molar refractivity (Wildman–Crippen MR) is 55.7 cm³/mol. The molecule has 2 N–H and O–H groups in total. The van der Waals surface area contributed by atoms with Crippen molar-refractivity contribution in [2.45, 2.75) is 6.92 Å². The van der Waals surface area contributed by atoms with Crippen LogP contribution in [0.25, 0.3) is 11.0 Å². The Kier molecular flexibility index (Phi) is 2.04. The van der Waals surface area contributed by atoms with Crippen LogP contribution in [0.5, 0.6) is 0 Å². The minimum absolute atomic E-state index is 0.0753. The normalized spacial score (nSPS) is 10.5. The third-order valence-corrected chi connectivity index (χ3v) is 2.22. The van der Waals surface area contributed by atoms with Crippen LogP contribution in [-0.2, 0) is 0 Å². The summed E-state index contributed by atoms with van der Waals surface area (Å²) in [5.41, 5.74) is 5.12. The van der Waals surface area contributed by atoms with E-state index >= 15 is 0 Å². The van der Waals surface area contributed by atoms with Gasteiger partial charge in [-0.05, 0) is 19.1 Å². The lowest BCUT2D eigenvalue weighted by atomic mass is 10.1. The van der Waals surface area contributed by atoms with E-state index in [1.165, 1.54) is 0 Å². The van der Waals surface area contributed by atoms with Crippen LogP contribution in [0.4, 0.5) is 0 Å². The fourth-order valence-electron chi connectivity index (χ4n) is 1.54. The van der Waals surface area contributed by atoms with Gasteiger partial charge in [0, 0.05) is 0 Å². The van der Waals surface area contributed by atoms with Gasteiger partial charge in [-0.25, -0.2) is 0 Å². The monoisotopic (exact) mass is 203 g/mol. The second-order valence-electron chi connectivity index (χ2n) is 3.22. The van der Waals surface area contributed by atoms with Crippen LogP contribution in [0.3, 0.4) is 0 Å². The molecule has 4 nitrogen and oxygen atoms in total. The highest BCUT2D eigenvalue weighted by Crippen LogP contribution is 2.14. The number of nitrogens with two attached hydrogens (primary N) is 1. The molecular weight excluding hydrogens is 194 g/mol. The van der Waals surface area contributed by atoms with Crippen molar-refractivity contribution in [2.75, 3.05) is 0 Å². The minimum atomic E-state index is -0.757. The zero-order valence-electron chi connectivity index (χ0n) is 8.11. The number of rotatable bonds is 1. The van der Waals surface area contributed by atoms with Gasteiger partial charge in [-0.1, -0.05) is 12.1 Å². The van der Waals surface area contributed by atoms with Crippen LogP contribution < -0.4 is 11.2 Å². The van der Waals surface area contributed by atoms with Crippen molar-refractivity contribution in [3.05, 3.63) is 45.8 Å². The number of primary amides is 1. The van der Waals surface area contributed by atoms with Crippen molar-refractivity contribution < 1.29 is 9.21 Å². The van der Waals surface area contributed by atoms with Gasteiger partial charge in [0.05, 0.1) is 5.39 Å². The Morgan fingerprint density at radius 3 is 2.67 bits per heavy atom. The molecule has 76 valence electrons. The molecule has 2 rings (SSSR count). The first-order valence-corrected chi connectivity index (χ1v) is 4.43. The highest BCUT2D eigenvalue weighted by Gasteiger charge is 2.15. The Morgan fingerprint density at radius 2 is 2.00 bits per heavy atom. The lowest BCUT2D eigenvalue weighted by molar-refractivity contribution is 0.0996. The first-order chi connectivity index (χ1) is 7.11. The molecule has 0 atom stereocenters. The first-order valence-electron chi connectivity index (χ1n) is 4.43. The van der Waals surface area contributed by atoms with Crippen molar-refractivity contribution in [3.63, 3.8) is 0 Å². The molecule has 0 spiro atoms. The number of carbonyl (C=O) groups is 1. The van der Waals surface area contributed by atoms with Crippen LogP contribution >= 0.6 is 0 Å². The van der Waals surface area contributed by atoms with E-state index in [-0.39, 0.29) is 16.8 Å². The van der Waals surface area contributed by atoms with Gasteiger partial charge in [-0.3, -0.25) is 9.59 Å². The number of benzene rings is 1. The highest BCUT2D eigenvalue weighted by molar-refractivity contribution is 5.96. The largest absolute Gasteiger partial charge is 0.460 e. The summed E-state index contributed by atoms with van der Waals surface area (Å²) < 4.78 is 5.33. The molecule has 0 unspecified atom stereocenters. The van der Waals surface area contributed by atoms with Gasteiger partial charge >= 0.3 is 0 Å². The van der Waals surface area contributed by atoms with Crippen molar-refractivity contribution in [3.8, 4) is 0 Å². The van der Waals surface area contributed by atoms with Crippen LogP contribution in [0, 0.1) is 6.92 Å². The van der Waals surface area contributed by atoms with Crippen LogP contribution in [0.2, 0.25) is 0 Å². The zero-order valence-corrected chi connectivity index (χ0v) is 8.11. The molecule has 1 amide bonds. The van der Waals surface area contributed by atoms with Gasteiger partial charge in [-0.2, -0.15) is 0 Å². The molecule has 1 heterocycles.